The van der Waals surface area contributed by atoms with Crippen LogP contribution in [0.5, 0.6) is 17.5 Å². The van der Waals surface area contributed by atoms with E-state index in [1.54, 1.807) is 7.11 Å². The van der Waals surface area contributed by atoms with Gasteiger partial charge in [0.1, 0.15) is 15.7 Å². The number of methoxy groups -OCH3 is 1. The van der Waals surface area contributed by atoms with Crippen molar-refractivity contribution in [2.45, 2.75) is 45.1 Å². The van der Waals surface area contributed by atoms with Gasteiger partial charge in [0.05, 0.1) is 37.3 Å². The molecule has 0 saturated carbocycles. The number of nitrogens with zero attached hydrogens (tertiary/aromatic N) is 3. The second kappa shape index (κ2) is 10.7. The number of aromatic nitrogens is 2. The Morgan fingerprint density at radius 1 is 1.09 bits per heavy atom. The first kappa shape index (κ1) is 23.8. The van der Waals surface area contributed by atoms with E-state index in [2.05, 4.69) is 20.2 Å². The summed E-state index contributed by atoms with van der Waals surface area (Å²) < 4.78 is 40.9. The Hall–Kier alpha value is -2.33. The van der Waals surface area contributed by atoms with E-state index in [4.69, 9.17) is 14.2 Å². The molecule has 182 valence electrons. The van der Waals surface area contributed by atoms with Crippen LogP contribution >= 0.6 is 0 Å². The number of fused-ring (bicyclic) bond motifs is 1. The van der Waals surface area contributed by atoms with E-state index in [9.17, 15) is 8.42 Å². The van der Waals surface area contributed by atoms with E-state index in [0.717, 1.165) is 18.4 Å². The van der Waals surface area contributed by atoms with Crippen LogP contribution in [0.1, 0.15) is 39.0 Å². The molecule has 2 aliphatic rings. The first-order chi connectivity index (χ1) is 16.0. The normalized spacial score (nSPS) is 19.0. The summed E-state index contributed by atoms with van der Waals surface area (Å²) in [4.78, 5) is 11.6. The highest BCUT2D eigenvalue weighted by atomic mass is 32.2. The highest BCUT2D eigenvalue weighted by molar-refractivity contribution is 7.91. The van der Waals surface area contributed by atoms with Crippen molar-refractivity contribution in [3.05, 3.63) is 12.1 Å². The van der Waals surface area contributed by atoms with Crippen molar-refractivity contribution >= 4 is 26.6 Å². The molecule has 1 N–H and O–H groups in total. The molecule has 1 aromatic heterocycles. The maximum absolute atomic E-state index is 11.8. The van der Waals surface area contributed by atoms with E-state index >= 15 is 0 Å². The van der Waals surface area contributed by atoms with E-state index in [0.29, 0.717) is 48.9 Å². The van der Waals surface area contributed by atoms with Crippen molar-refractivity contribution in [3.63, 3.8) is 0 Å². The van der Waals surface area contributed by atoms with E-state index in [-0.39, 0.29) is 23.6 Å². The van der Waals surface area contributed by atoms with Crippen LogP contribution in [0.15, 0.2) is 12.1 Å². The number of benzene rings is 1. The number of hydrogen-bond donors (Lipinski definition) is 1. The molecule has 0 amide bonds. The van der Waals surface area contributed by atoms with Gasteiger partial charge in [0.2, 0.25) is 0 Å². The Labute approximate surface area is 195 Å². The quantitative estimate of drug-likeness (QED) is 0.516. The molecule has 2 saturated heterocycles. The van der Waals surface area contributed by atoms with Crippen LogP contribution < -0.4 is 19.5 Å². The predicted octanol–water partition coefficient (Wildman–Crippen LogP) is 2.89. The maximum atomic E-state index is 11.8. The molecule has 0 radical (unpaired) electrons. The van der Waals surface area contributed by atoms with Crippen molar-refractivity contribution in [2.75, 3.05) is 56.8 Å². The lowest BCUT2D eigenvalue weighted by molar-refractivity contribution is 0.254. The largest absolute Gasteiger partial charge is 0.493 e. The van der Waals surface area contributed by atoms with Gasteiger partial charge in [-0.1, -0.05) is 0 Å². The van der Waals surface area contributed by atoms with Gasteiger partial charge in [-0.05, 0) is 58.2 Å². The molecule has 9 nitrogen and oxygen atoms in total. The summed E-state index contributed by atoms with van der Waals surface area (Å²) >= 11 is 0. The first-order valence-corrected chi connectivity index (χ1v) is 13.6. The third-order valence-corrected chi connectivity index (χ3v) is 7.92. The average Bonchev–Trinajstić information content (AvgIpc) is 3.31. The second-order valence-electron chi connectivity index (χ2n) is 8.63. The third-order valence-electron chi connectivity index (χ3n) is 6.20. The summed E-state index contributed by atoms with van der Waals surface area (Å²) in [6.07, 6.45) is 4.62. The van der Waals surface area contributed by atoms with Gasteiger partial charge in [-0.15, -0.1) is 0 Å². The fraction of sp³-hybridized carbons (Fsp3) is 0.652. The molecule has 1 aromatic carbocycles. The molecule has 0 spiro atoms. The van der Waals surface area contributed by atoms with Gasteiger partial charge in [0.15, 0.2) is 11.5 Å². The number of nitrogens with one attached hydrogen (secondary N) is 1. The predicted molar refractivity (Wildman–Crippen MR) is 128 cm³/mol. The van der Waals surface area contributed by atoms with Crippen molar-refractivity contribution in [3.8, 4) is 17.5 Å². The van der Waals surface area contributed by atoms with Crippen molar-refractivity contribution in [2.24, 2.45) is 0 Å². The zero-order chi connectivity index (χ0) is 23.3. The van der Waals surface area contributed by atoms with Crippen LogP contribution in [0, 0.1) is 0 Å². The summed E-state index contributed by atoms with van der Waals surface area (Å²) in [7, 11) is -1.32. The number of hydrogen-bond acceptors (Lipinski definition) is 9. The Morgan fingerprint density at radius 2 is 1.85 bits per heavy atom. The fourth-order valence-corrected chi connectivity index (χ4v) is 5.89. The molecule has 3 heterocycles. The first-order valence-electron chi connectivity index (χ1n) is 11.8. The van der Waals surface area contributed by atoms with Gasteiger partial charge >= 0.3 is 6.01 Å². The number of ether oxygens (including phenoxy) is 3. The maximum Gasteiger partial charge on any atom is 0.318 e. The van der Waals surface area contributed by atoms with Crippen LogP contribution in [0.25, 0.3) is 10.9 Å². The molecule has 0 bridgehead atoms. The van der Waals surface area contributed by atoms with Crippen LogP contribution in [0.4, 0.5) is 5.82 Å². The van der Waals surface area contributed by atoms with Crippen LogP contribution in [0.2, 0.25) is 0 Å². The Bertz CT molecular complexity index is 1040. The molecule has 2 aliphatic heterocycles. The molecule has 10 heteroatoms. The minimum Gasteiger partial charge on any atom is -0.493 e. The van der Waals surface area contributed by atoms with Crippen LogP contribution in [-0.4, -0.2) is 80.8 Å². The molecule has 0 unspecified atom stereocenters. The van der Waals surface area contributed by atoms with Crippen molar-refractivity contribution < 1.29 is 22.6 Å². The Balaban J connectivity index is 1.54. The third kappa shape index (κ3) is 6.17. The van der Waals surface area contributed by atoms with Crippen molar-refractivity contribution in [1.82, 2.24) is 14.9 Å². The zero-order valence-corrected chi connectivity index (χ0v) is 20.3. The minimum atomic E-state index is -2.94. The SMILES string of the molecule is CCOc1nc(NC2CCS(=O)(=O)CC2)c2cc(OC)c(OCCCN3CCCC3)cc2n1. The molecular weight excluding hydrogens is 444 g/mol. The number of sulfone groups is 1. The van der Waals surface area contributed by atoms with E-state index in [1.807, 2.05) is 19.1 Å². The van der Waals surface area contributed by atoms with Crippen molar-refractivity contribution in [1.29, 1.82) is 0 Å². The van der Waals surface area contributed by atoms with Crippen LogP contribution in [-0.2, 0) is 9.84 Å². The van der Waals surface area contributed by atoms with Gasteiger partial charge in [0, 0.05) is 24.0 Å². The summed E-state index contributed by atoms with van der Waals surface area (Å²) in [6, 6.07) is 4.04. The molecule has 33 heavy (non-hydrogen) atoms. The summed E-state index contributed by atoms with van der Waals surface area (Å²) in [5, 5.41) is 4.20. The lowest BCUT2D eigenvalue weighted by Gasteiger charge is -2.24. The monoisotopic (exact) mass is 478 g/mol. The number of rotatable bonds is 10. The number of likely N-dealkylation sites (tertiary alicyclic amines) is 1. The summed E-state index contributed by atoms with van der Waals surface area (Å²) in [5.74, 6) is 2.25. The average molecular weight is 479 g/mol. The molecule has 2 aromatic rings. The lowest BCUT2D eigenvalue weighted by atomic mass is 10.1. The summed E-state index contributed by atoms with van der Waals surface area (Å²) in [6.45, 7) is 6.33. The van der Waals surface area contributed by atoms with Crippen LogP contribution in [0.3, 0.4) is 0 Å². The van der Waals surface area contributed by atoms with E-state index < -0.39 is 9.84 Å². The van der Waals surface area contributed by atoms with Gasteiger partial charge in [-0.25, -0.2) is 8.42 Å². The van der Waals surface area contributed by atoms with E-state index in [1.165, 1.54) is 25.9 Å². The topological polar surface area (TPSA) is 103 Å². The van der Waals surface area contributed by atoms with Gasteiger partial charge in [0.25, 0.3) is 0 Å². The molecule has 0 atom stereocenters. The van der Waals surface area contributed by atoms with Gasteiger partial charge in [-0.3, -0.25) is 0 Å². The second-order valence-corrected chi connectivity index (χ2v) is 10.9. The highest BCUT2D eigenvalue weighted by Gasteiger charge is 2.25. The van der Waals surface area contributed by atoms with Gasteiger partial charge in [-0.2, -0.15) is 9.97 Å². The molecule has 4 rings (SSSR count). The standard InChI is InChI=1S/C23H34N4O5S/c1-3-31-23-25-19-16-21(32-12-6-11-27-9-4-5-10-27)20(30-2)15-18(19)22(26-23)24-17-7-13-33(28,29)14-8-17/h15-17H,3-14H2,1-2H3,(H,24,25,26). The minimum absolute atomic E-state index is 0.0219. The smallest absolute Gasteiger partial charge is 0.318 e. The Morgan fingerprint density at radius 3 is 2.55 bits per heavy atom. The summed E-state index contributed by atoms with van der Waals surface area (Å²) in [5.41, 5.74) is 0.690. The molecule has 0 aliphatic carbocycles. The lowest BCUT2D eigenvalue weighted by Crippen LogP contribution is -2.32. The Kier molecular flexibility index (Phi) is 7.75. The number of anilines is 1. The van der Waals surface area contributed by atoms with Gasteiger partial charge < -0.3 is 24.4 Å². The fourth-order valence-electron chi connectivity index (χ4n) is 4.40. The zero-order valence-electron chi connectivity index (χ0n) is 19.5. The molecule has 2 fully saturated rings. The highest BCUT2D eigenvalue weighted by Crippen LogP contribution is 2.36. The molecular formula is C23H34N4O5S.